The molecule has 0 unspecified atom stereocenters. The summed E-state index contributed by atoms with van der Waals surface area (Å²) in [6.45, 7) is 0. The second-order valence-corrected chi connectivity index (χ2v) is 3.37. The van der Waals surface area contributed by atoms with Crippen LogP contribution in [0, 0.1) is 0 Å². The SMILES string of the molecule is O[AsH](O)=S. The fourth-order valence-electron chi connectivity index (χ4n) is 0. The molecule has 2 N–H and O–H groups in total. The zero-order valence-electron chi connectivity index (χ0n) is 1.80. The van der Waals surface area contributed by atoms with Gasteiger partial charge in [0.05, 0.1) is 0 Å². The molecular weight excluding hydrogens is 139 g/mol. The van der Waals surface area contributed by atoms with Crippen LogP contribution >= 0.6 is 10.4 Å². The van der Waals surface area contributed by atoms with E-state index < -0.39 is 13.7 Å². The van der Waals surface area contributed by atoms with E-state index in [1.165, 1.54) is 0 Å². The molecule has 2 nitrogen and oxygen atoms in total. The molecule has 0 spiro atoms. The Bertz CT molecular complexity index is 29.0. The molecule has 0 aliphatic carbocycles. The molecule has 0 heterocycles. The summed E-state index contributed by atoms with van der Waals surface area (Å²) in [7, 11) is 3.90. The van der Waals surface area contributed by atoms with Crippen molar-refractivity contribution < 1.29 is 8.19 Å². The molecule has 0 atom stereocenters. The molecular formula is H3AsO2S. The monoisotopic (exact) mass is 142 g/mol. The van der Waals surface area contributed by atoms with Crippen LogP contribution in [0.5, 0.6) is 0 Å². The van der Waals surface area contributed by atoms with Crippen molar-refractivity contribution in [3.8, 4) is 0 Å². The van der Waals surface area contributed by atoms with Crippen LogP contribution in [-0.4, -0.2) is 21.9 Å². The Morgan fingerprint density at radius 2 is 1.50 bits per heavy atom. The molecule has 4 heteroatoms. The van der Waals surface area contributed by atoms with Crippen molar-refractivity contribution in [1.29, 1.82) is 0 Å². The fraction of sp³-hybridized carbons (Fsp3) is 0. The predicted octanol–water partition coefficient (Wildman–Crippen LogP) is -1.11. The molecule has 0 aromatic carbocycles. The molecule has 0 aliphatic rings. The molecule has 0 bridgehead atoms. The first-order valence-electron chi connectivity index (χ1n) is 0.651. The third kappa shape index (κ3) is 16.0. The first-order chi connectivity index (χ1) is 1.73. The summed E-state index contributed by atoms with van der Waals surface area (Å²) >= 11 is -2.75. The molecule has 26 valence electrons. The van der Waals surface area contributed by atoms with Gasteiger partial charge in [0.15, 0.2) is 0 Å². The van der Waals surface area contributed by atoms with Crippen molar-refractivity contribution in [1.82, 2.24) is 0 Å². The first-order valence-corrected chi connectivity index (χ1v) is 5.51. The average molecular weight is 142 g/mol. The first kappa shape index (κ1) is 4.70. The van der Waals surface area contributed by atoms with Crippen LogP contribution in [0.1, 0.15) is 0 Å². The van der Waals surface area contributed by atoms with Gasteiger partial charge in [-0.3, -0.25) is 0 Å². The van der Waals surface area contributed by atoms with Gasteiger partial charge in [0, 0.05) is 0 Å². The quantitative estimate of drug-likeness (QED) is 0.421. The van der Waals surface area contributed by atoms with E-state index in [4.69, 9.17) is 8.19 Å². The number of hydrogen-bond acceptors (Lipinski definition) is 1. The molecule has 4 heavy (non-hydrogen) atoms. The number of rotatable bonds is 0. The van der Waals surface area contributed by atoms with Gasteiger partial charge >= 0.3 is 32.2 Å². The predicted molar refractivity (Wildman–Crippen MR) is 19.2 cm³/mol. The zero-order valence-corrected chi connectivity index (χ0v) is 4.72. The van der Waals surface area contributed by atoms with Gasteiger partial charge in [0.1, 0.15) is 0 Å². The van der Waals surface area contributed by atoms with Crippen LogP contribution in [0.25, 0.3) is 0 Å². The minimum atomic E-state index is -2.75. The van der Waals surface area contributed by atoms with Crippen molar-refractivity contribution in [2.24, 2.45) is 0 Å². The Morgan fingerprint density at radius 1 is 1.50 bits per heavy atom. The van der Waals surface area contributed by atoms with Crippen LogP contribution in [0.4, 0.5) is 0 Å². The van der Waals surface area contributed by atoms with Gasteiger partial charge in [-0.1, -0.05) is 0 Å². The maximum absolute atomic E-state index is 7.59. The molecule has 0 saturated heterocycles. The number of hydrogen-bond donors (Lipinski definition) is 2. The standard InChI is InChI=1S/AsH3O2S/c2-1(3)4/h1H,(H2,2,3,4). The van der Waals surface area contributed by atoms with Crippen LogP contribution in [0.3, 0.4) is 0 Å². The van der Waals surface area contributed by atoms with Crippen LogP contribution in [0.15, 0.2) is 0 Å². The van der Waals surface area contributed by atoms with Crippen molar-refractivity contribution in [3.05, 3.63) is 0 Å². The van der Waals surface area contributed by atoms with Crippen LogP contribution in [0.2, 0.25) is 0 Å². The molecule has 0 rings (SSSR count). The van der Waals surface area contributed by atoms with Gasteiger partial charge in [-0.25, -0.2) is 0 Å². The van der Waals surface area contributed by atoms with E-state index >= 15 is 0 Å². The summed E-state index contributed by atoms with van der Waals surface area (Å²) in [6.07, 6.45) is 0. The van der Waals surface area contributed by atoms with E-state index in [0.29, 0.717) is 0 Å². The fourth-order valence-corrected chi connectivity index (χ4v) is 0. The Kier molecular flexibility index (Phi) is 2.31. The van der Waals surface area contributed by atoms with Crippen molar-refractivity contribution in [2.75, 3.05) is 0 Å². The summed E-state index contributed by atoms with van der Waals surface area (Å²) < 4.78 is 15.2. The second-order valence-electron chi connectivity index (χ2n) is 0.283. The van der Waals surface area contributed by atoms with Crippen LogP contribution < -0.4 is 0 Å². The van der Waals surface area contributed by atoms with Crippen molar-refractivity contribution >= 4 is 24.1 Å². The average Bonchev–Trinajstić information content (AvgIpc) is 0.811. The topological polar surface area (TPSA) is 40.5 Å². The summed E-state index contributed by atoms with van der Waals surface area (Å²) in [5.74, 6) is 0. The Balaban J connectivity index is 2.80. The molecule has 0 radical (unpaired) electrons. The zero-order chi connectivity index (χ0) is 3.58. The van der Waals surface area contributed by atoms with E-state index in [9.17, 15) is 0 Å². The van der Waals surface area contributed by atoms with Crippen molar-refractivity contribution in [2.45, 2.75) is 0 Å². The van der Waals surface area contributed by atoms with E-state index in [0.717, 1.165) is 0 Å². The third-order valence-electron chi connectivity index (χ3n) is 0. The van der Waals surface area contributed by atoms with E-state index in [-0.39, 0.29) is 0 Å². The normalized spacial score (nSPS) is 8.75. The minimum absolute atomic E-state index is 2.75. The summed E-state index contributed by atoms with van der Waals surface area (Å²) in [4.78, 5) is 0. The van der Waals surface area contributed by atoms with E-state index in [1.54, 1.807) is 0 Å². The van der Waals surface area contributed by atoms with Crippen LogP contribution in [-0.2, 0) is 0 Å². The van der Waals surface area contributed by atoms with E-state index in [1.807, 2.05) is 0 Å². The molecule has 0 aromatic rings. The van der Waals surface area contributed by atoms with Gasteiger partial charge in [-0.05, 0) is 0 Å². The van der Waals surface area contributed by atoms with Gasteiger partial charge in [-0.15, -0.1) is 0 Å². The van der Waals surface area contributed by atoms with Gasteiger partial charge in [-0.2, -0.15) is 0 Å². The van der Waals surface area contributed by atoms with Gasteiger partial charge in [0.2, 0.25) is 0 Å². The summed E-state index contributed by atoms with van der Waals surface area (Å²) in [5, 5.41) is 0. The molecule has 0 amide bonds. The Morgan fingerprint density at radius 3 is 1.50 bits per heavy atom. The van der Waals surface area contributed by atoms with Gasteiger partial charge < -0.3 is 0 Å². The van der Waals surface area contributed by atoms with E-state index in [2.05, 4.69) is 10.4 Å². The summed E-state index contributed by atoms with van der Waals surface area (Å²) in [5.41, 5.74) is 0. The third-order valence-corrected chi connectivity index (χ3v) is 0. The molecule has 0 saturated carbocycles. The molecule has 0 aliphatic heterocycles. The summed E-state index contributed by atoms with van der Waals surface area (Å²) in [6, 6.07) is 0. The molecule has 0 fully saturated rings. The van der Waals surface area contributed by atoms with Crippen molar-refractivity contribution in [3.63, 3.8) is 0 Å². The molecule has 0 aromatic heterocycles. The Hall–Kier alpha value is 0.698. The van der Waals surface area contributed by atoms with Gasteiger partial charge in [0.25, 0.3) is 0 Å². The maximum atomic E-state index is 7.59. The second kappa shape index (κ2) is 1.97. The Labute approximate surface area is 32.8 Å².